The lowest BCUT2D eigenvalue weighted by Gasteiger charge is -2.19. The molecule has 1 amide bonds. The summed E-state index contributed by atoms with van der Waals surface area (Å²) in [5, 5.41) is 3.22. The van der Waals surface area contributed by atoms with E-state index in [1.165, 1.54) is 45.5 Å². The topological polar surface area (TPSA) is 84.9 Å². The number of anilines is 1. The minimum Gasteiger partial charge on any atom is -0.497 e. The van der Waals surface area contributed by atoms with Crippen molar-refractivity contribution < 1.29 is 22.7 Å². The average molecular weight is 433 g/mol. The van der Waals surface area contributed by atoms with Crippen LogP contribution in [0.2, 0.25) is 10.0 Å². The van der Waals surface area contributed by atoms with Crippen molar-refractivity contribution >= 4 is 44.8 Å². The number of carbonyl (C=O) groups excluding carboxylic acids is 1. The van der Waals surface area contributed by atoms with E-state index in [4.69, 9.17) is 32.7 Å². The minimum atomic E-state index is -4.01. The zero-order valence-electron chi connectivity index (χ0n) is 14.8. The molecule has 1 N–H and O–H groups in total. The number of benzene rings is 2. The van der Waals surface area contributed by atoms with Crippen molar-refractivity contribution in [1.29, 1.82) is 0 Å². The van der Waals surface area contributed by atoms with Gasteiger partial charge in [-0.05, 0) is 30.3 Å². The largest absolute Gasteiger partial charge is 0.497 e. The first-order chi connectivity index (χ1) is 12.7. The lowest BCUT2D eigenvalue weighted by molar-refractivity contribution is -0.116. The van der Waals surface area contributed by atoms with Crippen LogP contribution in [0.1, 0.15) is 0 Å². The molecule has 0 radical (unpaired) electrons. The van der Waals surface area contributed by atoms with Gasteiger partial charge >= 0.3 is 0 Å². The van der Waals surface area contributed by atoms with E-state index in [9.17, 15) is 13.2 Å². The van der Waals surface area contributed by atoms with Crippen LogP contribution >= 0.6 is 23.2 Å². The second-order valence-corrected chi connectivity index (χ2v) is 8.31. The average Bonchev–Trinajstić information content (AvgIpc) is 2.63. The maximum absolute atomic E-state index is 12.8. The van der Waals surface area contributed by atoms with E-state index in [1.54, 1.807) is 12.1 Å². The Morgan fingerprint density at radius 3 is 2.41 bits per heavy atom. The molecule has 27 heavy (non-hydrogen) atoms. The Balaban J connectivity index is 2.21. The van der Waals surface area contributed by atoms with Gasteiger partial charge < -0.3 is 14.8 Å². The number of carbonyl (C=O) groups is 1. The first-order valence-electron chi connectivity index (χ1n) is 7.62. The van der Waals surface area contributed by atoms with E-state index >= 15 is 0 Å². The molecule has 2 rings (SSSR count). The van der Waals surface area contributed by atoms with E-state index in [-0.39, 0.29) is 15.7 Å². The van der Waals surface area contributed by atoms with Crippen molar-refractivity contribution in [2.24, 2.45) is 0 Å². The normalized spacial score (nSPS) is 11.3. The van der Waals surface area contributed by atoms with Crippen LogP contribution in [0.15, 0.2) is 41.3 Å². The highest BCUT2D eigenvalue weighted by Crippen LogP contribution is 2.30. The summed E-state index contributed by atoms with van der Waals surface area (Å²) in [5.74, 6) is -0.0730. The highest BCUT2D eigenvalue weighted by atomic mass is 35.5. The Bertz CT molecular complexity index is 950. The summed E-state index contributed by atoms with van der Waals surface area (Å²) in [5.41, 5.74) is 0.329. The molecule has 0 bridgehead atoms. The second-order valence-electron chi connectivity index (χ2n) is 5.45. The van der Waals surface area contributed by atoms with Crippen LogP contribution in [0.3, 0.4) is 0 Å². The summed E-state index contributed by atoms with van der Waals surface area (Å²) in [6.45, 7) is -0.429. The molecule has 7 nitrogen and oxygen atoms in total. The SMILES string of the molecule is COc1ccc(OC)c(S(=O)(=O)N(C)CC(=O)Nc2ccc(Cl)cc2Cl)c1. The molecule has 0 spiro atoms. The monoisotopic (exact) mass is 432 g/mol. The maximum Gasteiger partial charge on any atom is 0.247 e. The Labute approximate surface area is 167 Å². The summed E-state index contributed by atoms with van der Waals surface area (Å²) in [7, 11) is 0.0629. The van der Waals surface area contributed by atoms with Gasteiger partial charge in [-0.25, -0.2) is 8.42 Å². The fourth-order valence-corrected chi connectivity index (χ4v) is 3.97. The van der Waals surface area contributed by atoms with E-state index in [0.29, 0.717) is 16.5 Å². The van der Waals surface area contributed by atoms with Gasteiger partial charge in [0.15, 0.2) is 0 Å². The van der Waals surface area contributed by atoms with Gasteiger partial charge in [0.1, 0.15) is 16.4 Å². The fourth-order valence-electron chi connectivity index (χ4n) is 2.22. The predicted octanol–water partition coefficient (Wildman–Crippen LogP) is 3.27. The fraction of sp³-hybridized carbons (Fsp3) is 0.235. The number of sulfonamides is 1. The van der Waals surface area contributed by atoms with Gasteiger partial charge in [-0.2, -0.15) is 4.31 Å². The molecule has 0 aliphatic heterocycles. The number of nitrogens with zero attached hydrogens (tertiary/aromatic N) is 1. The zero-order chi connectivity index (χ0) is 20.2. The molecule has 2 aromatic carbocycles. The highest BCUT2D eigenvalue weighted by Gasteiger charge is 2.27. The van der Waals surface area contributed by atoms with Crippen molar-refractivity contribution in [2.75, 3.05) is 33.1 Å². The summed E-state index contributed by atoms with van der Waals surface area (Å²) >= 11 is 11.8. The van der Waals surface area contributed by atoms with Crippen LogP contribution in [0.5, 0.6) is 11.5 Å². The van der Waals surface area contributed by atoms with Gasteiger partial charge in [-0.15, -0.1) is 0 Å². The number of hydrogen-bond donors (Lipinski definition) is 1. The Hall–Kier alpha value is -2.00. The molecule has 0 aromatic heterocycles. The van der Waals surface area contributed by atoms with Gasteiger partial charge in [-0.1, -0.05) is 23.2 Å². The zero-order valence-corrected chi connectivity index (χ0v) is 17.2. The maximum atomic E-state index is 12.8. The van der Waals surface area contributed by atoms with Gasteiger partial charge in [0.2, 0.25) is 15.9 Å². The first kappa shape index (κ1) is 21.3. The molecule has 0 aliphatic carbocycles. The molecule has 10 heteroatoms. The van der Waals surface area contributed by atoms with E-state index in [1.807, 2.05) is 0 Å². The molecule has 0 saturated heterocycles. The van der Waals surface area contributed by atoms with Crippen LogP contribution in [0, 0.1) is 0 Å². The van der Waals surface area contributed by atoms with Crippen LogP contribution in [-0.2, 0) is 14.8 Å². The third-order valence-electron chi connectivity index (χ3n) is 3.63. The van der Waals surface area contributed by atoms with Crippen molar-refractivity contribution in [1.82, 2.24) is 4.31 Å². The number of amides is 1. The summed E-state index contributed by atoms with van der Waals surface area (Å²) in [6.07, 6.45) is 0. The van der Waals surface area contributed by atoms with Crippen LogP contribution in [0.25, 0.3) is 0 Å². The van der Waals surface area contributed by atoms with Gasteiger partial charge in [0.25, 0.3) is 0 Å². The second kappa shape index (κ2) is 8.79. The summed E-state index contributed by atoms with van der Waals surface area (Å²) < 4.78 is 36.8. The smallest absolute Gasteiger partial charge is 0.247 e. The van der Waals surface area contributed by atoms with Gasteiger partial charge in [-0.3, -0.25) is 4.79 Å². The number of methoxy groups -OCH3 is 2. The lowest BCUT2D eigenvalue weighted by atomic mass is 10.3. The van der Waals surface area contributed by atoms with Gasteiger partial charge in [0, 0.05) is 18.1 Å². The number of halogens is 2. The standard InChI is InChI=1S/C17H18Cl2N2O5S/c1-21(10-17(22)20-14-6-4-11(18)8-13(14)19)27(23,24)16-9-12(25-2)5-7-15(16)26-3/h4-9H,10H2,1-3H3,(H,20,22). The number of rotatable bonds is 7. The number of nitrogens with one attached hydrogen (secondary N) is 1. The molecule has 146 valence electrons. The number of ether oxygens (including phenoxy) is 2. The van der Waals surface area contributed by atoms with E-state index in [0.717, 1.165) is 4.31 Å². The molecule has 0 unspecified atom stereocenters. The van der Waals surface area contributed by atoms with Crippen LogP contribution < -0.4 is 14.8 Å². The first-order valence-corrected chi connectivity index (χ1v) is 9.82. The molecular formula is C17H18Cl2N2O5S. The molecule has 0 atom stereocenters. The van der Waals surface area contributed by atoms with Gasteiger partial charge in [0.05, 0.1) is 31.5 Å². The Kier molecular flexibility index (Phi) is 6.94. The van der Waals surface area contributed by atoms with Crippen molar-refractivity contribution in [3.05, 3.63) is 46.4 Å². The van der Waals surface area contributed by atoms with E-state index < -0.39 is 22.5 Å². The molecule has 2 aromatic rings. The quantitative estimate of drug-likeness (QED) is 0.725. The molecular weight excluding hydrogens is 415 g/mol. The minimum absolute atomic E-state index is 0.107. The Morgan fingerprint density at radius 2 is 1.81 bits per heavy atom. The van der Waals surface area contributed by atoms with E-state index in [2.05, 4.69) is 5.32 Å². The van der Waals surface area contributed by atoms with Crippen molar-refractivity contribution in [3.8, 4) is 11.5 Å². The van der Waals surface area contributed by atoms with Crippen LogP contribution in [0.4, 0.5) is 5.69 Å². The molecule has 0 heterocycles. The summed E-state index contributed by atoms with van der Waals surface area (Å²) in [6, 6.07) is 8.95. The number of hydrogen-bond acceptors (Lipinski definition) is 5. The third kappa shape index (κ3) is 5.04. The summed E-state index contributed by atoms with van der Waals surface area (Å²) in [4.78, 5) is 12.1. The highest BCUT2D eigenvalue weighted by molar-refractivity contribution is 7.89. The Morgan fingerprint density at radius 1 is 1.11 bits per heavy atom. The number of likely N-dealkylation sites (N-methyl/N-ethyl adjacent to an activating group) is 1. The lowest BCUT2D eigenvalue weighted by Crippen LogP contribution is -2.35. The molecule has 0 fully saturated rings. The van der Waals surface area contributed by atoms with Crippen molar-refractivity contribution in [3.63, 3.8) is 0 Å². The van der Waals surface area contributed by atoms with Crippen molar-refractivity contribution in [2.45, 2.75) is 4.90 Å². The molecule has 0 saturated carbocycles. The molecule has 0 aliphatic rings. The predicted molar refractivity (Wildman–Crippen MR) is 104 cm³/mol. The third-order valence-corrected chi connectivity index (χ3v) is 6.00. The van der Waals surface area contributed by atoms with Crippen LogP contribution in [-0.4, -0.2) is 46.4 Å².